The lowest BCUT2D eigenvalue weighted by molar-refractivity contribution is 0.0962. The van der Waals surface area contributed by atoms with E-state index < -0.39 is 0 Å². The molecular weight excluding hydrogens is 275 g/mol. The summed E-state index contributed by atoms with van der Waals surface area (Å²) < 4.78 is 0. The summed E-state index contributed by atoms with van der Waals surface area (Å²) in [4.78, 5) is 19.5. The molecule has 1 aromatic carbocycles. The molecule has 2 aromatic rings. The zero-order valence-corrected chi connectivity index (χ0v) is 10.5. The highest BCUT2D eigenvalue weighted by Gasteiger charge is 2.05. The van der Waals surface area contributed by atoms with Crippen LogP contribution in [0.1, 0.15) is 10.4 Å². The van der Waals surface area contributed by atoms with Crippen LogP contribution in [0.25, 0.3) is 0 Å². The van der Waals surface area contributed by atoms with Gasteiger partial charge in [-0.15, -0.1) is 0 Å². The predicted molar refractivity (Wildman–Crippen MR) is 69.6 cm³/mol. The summed E-state index contributed by atoms with van der Waals surface area (Å²) in [5, 5.41) is 0.909. The van der Waals surface area contributed by atoms with Gasteiger partial charge >= 0.3 is 0 Å². The Morgan fingerprint density at radius 1 is 1.11 bits per heavy atom. The number of nitrogens with one attached hydrogen (secondary N) is 2. The number of carbonyl (C=O) groups excluding carboxylic acids is 1. The van der Waals surface area contributed by atoms with Gasteiger partial charge in [0.25, 0.3) is 5.91 Å². The second-order valence-corrected chi connectivity index (χ2v) is 4.19. The minimum atomic E-state index is -0.337. The lowest BCUT2D eigenvalue weighted by Crippen LogP contribution is -2.30. The van der Waals surface area contributed by atoms with E-state index in [1.165, 1.54) is 12.4 Å². The Morgan fingerprint density at radius 2 is 1.83 bits per heavy atom. The zero-order valence-electron chi connectivity index (χ0n) is 9.02. The molecule has 1 amide bonds. The average molecular weight is 283 g/mol. The highest BCUT2D eigenvalue weighted by Crippen LogP contribution is 2.10. The van der Waals surface area contributed by atoms with Gasteiger partial charge in [0.15, 0.2) is 0 Å². The molecule has 1 aromatic heterocycles. The van der Waals surface area contributed by atoms with Gasteiger partial charge in [0.05, 0.1) is 17.4 Å². The van der Waals surface area contributed by atoms with E-state index >= 15 is 0 Å². The van der Waals surface area contributed by atoms with E-state index in [0.29, 0.717) is 15.6 Å². The quantitative estimate of drug-likeness (QED) is 0.849. The molecule has 7 heteroatoms. The maximum Gasteiger partial charge on any atom is 0.269 e. The molecule has 0 bridgehead atoms. The second kappa shape index (κ2) is 5.66. The van der Waals surface area contributed by atoms with E-state index in [4.69, 9.17) is 23.2 Å². The number of rotatable bonds is 3. The molecule has 1 heterocycles. The molecule has 2 N–H and O–H groups in total. The highest BCUT2D eigenvalue weighted by atomic mass is 35.5. The summed E-state index contributed by atoms with van der Waals surface area (Å²) in [6, 6.07) is 6.58. The minimum absolute atomic E-state index is 0.245. The van der Waals surface area contributed by atoms with Crippen molar-refractivity contribution in [3.8, 4) is 0 Å². The fraction of sp³-hybridized carbons (Fsp3) is 0. The monoisotopic (exact) mass is 282 g/mol. The van der Waals surface area contributed by atoms with Crippen LogP contribution >= 0.6 is 23.2 Å². The van der Waals surface area contributed by atoms with Crippen LogP contribution < -0.4 is 10.9 Å². The van der Waals surface area contributed by atoms with Crippen LogP contribution in [0.2, 0.25) is 10.0 Å². The Hall–Kier alpha value is -1.85. The molecule has 18 heavy (non-hydrogen) atoms. The largest absolute Gasteiger partial charge is 0.269 e. The predicted octanol–water partition coefficient (Wildman–Crippen LogP) is 2.54. The van der Waals surface area contributed by atoms with Crippen molar-refractivity contribution in [1.29, 1.82) is 0 Å². The smallest absolute Gasteiger partial charge is 0.267 e. The summed E-state index contributed by atoms with van der Waals surface area (Å²) in [6.07, 6.45) is 2.84. The Balaban J connectivity index is 1.98. The van der Waals surface area contributed by atoms with Crippen molar-refractivity contribution in [3.05, 3.63) is 52.3 Å². The molecule has 2 rings (SSSR count). The SMILES string of the molecule is O=C(NNc1ncc(Cl)cn1)c1cccc(Cl)c1. The van der Waals surface area contributed by atoms with Crippen LogP contribution in [0.4, 0.5) is 5.95 Å². The Labute approximate surface area is 113 Å². The first kappa shape index (κ1) is 12.6. The number of aromatic nitrogens is 2. The first-order chi connectivity index (χ1) is 8.65. The standard InChI is InChI=1S/C11H8Cl2N4O/c12-8-3-1-2-7(4-8)10(18)16-17-11-14-5-9(13)6-15-11/h1-6H,(H,16,18)(H,14,15,17). The van der Waals surface area contributed by atoms with E-state index in [0.717, 1.165) is 0 Å². The average Bonchev–Trinajstić information content (AvgIpc) is 2.38. The number of hydrazine groups is 1. The van der Waals surface area contributed by atoms with Gasteiger partial charge < -0.3 is 0 Å². The van der Waals surface area contributed by atoms with Crippen LogP contribution in [0.3, 0.4) is 0 Å². The van der Waals surface area contributed by atoms with E-state index in [-0.39, 0.29) is 11.9 Å². The van der Waals surface area contributed by atoms with Crippen LogP contribution in [-0.2, 0) is 0 Å². The van der Waals surface area contributed by atoms with Gasteiger partial charge in [-0.05, 0) is 18.2 Å². The molecule has 92 valence electrons. The van der Waals surface area contributed by atoms with Gasteiger partial charge in [-0.3, -0.25) is 15.6 Å². The molecule has 0 unspecified atom stereocenters. The molecule has 0 radical (unpaired) electrons. The third-order valence-electron chi connectivity index (χ3n) is 1.99. The summed E-state index contributed by atoms with van der Waals surface area (Å²) in [5.41, 5.74) is 5.45. The van der Waals surface area contributed by atoms with E-state index in [1.807, 2.05) is 0 Å². The van der Waals surface area contributed by atoms with Gasteiger partial charge in [0.2, 0.25) is 5.95 Å². The summed E-state index contributed by atoms with van der Waals surface area (Å²) in [7, 11) is 0. The molecule has 0 aliphatic heterocycles. The van der Waals surface area contributed by atoms with Crippen molar-refractivity contribution < 1.29 is 4.79 Å². The molecule has 0 saturated carbocycles. The van der Waals surface area contributed by atoms with E-state index in [9.17, 15) is 4.79 Å². The Kier molecular flexibility index (Phi) is 3.96. The minimum Gasteiger partial charge on any atom is -0.267 e. The van der Waals surface area contributed by atoms with Gasteiger partial charge in [-0.2, -0.15) is 0 Å². The van der Waals surface area contributed by atoms with Gasteiger partial charge in [-0.25, -0.2) is 9.97 Å². The van der Waals surface area contributed by atoms with Crippen LogP contribution in [0, 0.1) is 0 Å². The van der Waals surface area contributed by atoms with E-state index in [2.05, 4.69) is 20.8 Å². The number of carbonyl (C=O) groups is 1. The molecule has 0 atom stereocenters. The Morgan fingerprint density at radius 3 is 2.50 bits per heavy atom. The number of benzene rings is 1. The van der Waals surface area contributed by atoms with Crippen molar-refractivity contribution >= 4 is 35.1 Å². The second-order valence-electron chi connectivity index (χ2n) is 3.31. The van der Waals surface area contributed by atoms with Crippen molar-refractivity contribution in [3.63, 3.8) is 0 Å². The van der Waals surface area contributed by atoms with Crippen molar-refractivity contribution in [2.75, 3.05) is 5.43 Å². The van der Waals surface area contributed by atoms with Crippen molar-refractivity contribution in [2.24, 2.45) is 0 Å². The molecule has 0 saturated heterocycles. The molecule has 0 fully saturated rings. The number of hydrogen-bond donors (Lipinski definition) is 2. The maximum absolute atomic E-state index is 11.7. The number of hydrogen-bond acceptors (Lipinski definition) is 4. The van der Waals surface area contributed by atoms with E-state index in [1.54, 1.807) is 24.3 Å². The summed E-state index contributed by atoms with van der Waals surface area (Å²) in [5.74, 6) is -0.0918. The first-order valence-corrected chi connectivity index (χ1v) is 5.70. The highest BCUT2D eigenvalue weighted by molar-refractivity contribution is 6.31. The molecule has 5 nitrogen and oxygen atoms in total. The molecule has 0 spiro atoms. The van der Waals surface area contributed by atoms with Crippen LogP contribution in [-0.4, -0.2) is 15.9 Å². The summed E-state index contributed by atoms with van der Waals surface area (Å²) in [6.45, 7) is 0. The summed E-state index contributed by atoms with van der Waals surface area (Å²) >= 11 is 11.4. The third kappa shape index (κ3) is 3.32. The fourth-order valence-electron chi connectivity index (χ4n) is 1.19. The molecule has 0 aliphatic carbocycles. The normalized spacial score (nSPS) is 9.89. The van der Waals surface area contributed by atoms with Crippen molar-refractivity contribution in [1.82, 2.24) is 15.4 Å². The lowest BCUT2D eigenvalue weighted by atomic mass is 10.2. The Bertz CT molecular complexity index is 559. The zero-order chi connectivity index (χ0) is 13.0. The van der Waals surface area contributed by atoms with Crippen molar-refractivity contribution in [2.45, 2.75) is 0 Å². The number of nitrogens with zero attached hydrogens (tertiary/aromatic N) is 2. The van der Waals surface area contributed by atoms with Gasteiger partial charge in [0.1, 0.15) is 0 Å². The van der Waals surface area contributed by atoms with Crippen LogP contribution in [0.5, 0.6) is 0 Å². The molecule has 0 aliphatic rings. The first-order valence-electron chi connectivity index (χ1n) is 4.94. The number of halogens is 2. The number of anilines is 1. The van der Waals surface area contributed by atoms with Crippen LogP contribution in [0.15, 0.2) is 36.7 Å². The van der Waals surface area contributed by atoms with Gasteiger partial charge in [-0.1, -0.05) is 29.3 Å². The molecular formula is C11H8Cl2N4O. The lowest BCUT2D eigenvalue weighted by Gasteiger charge is -2.06. The fourth-order valence-corrected chi connectivity index (χ4v) is 1.48. The topological polar surface area (TPSA) is 66.9 Å². The number of amides is 1. The van der Waals surface area contributed by atoms with Gasteiger partial charge in [0, 0.05) is 10.6 Å². The maximum atomic E-state index is 11.7. The third-order valence-corrected chi connectivity index (χ3v) is 2.43.